The number of amides is 1. The van der Waals surface area contributed by atoms with E-state index in [4.69, 9.17) is 13.8 Å². The quantitative estimate of drug-likeness (QED) is 0.0202. The Labute approximate surface area is 350 Å². The number of aliphatic carboxylic acids is 1. The fourth-order valence-electron chi connectivity index (χ4n) is 5.51. The van der Waals surface area contributed by atoms with Crippen molar-refractivity contribution in [1.29, 1.82) is 0 Å². The first-order valence-electron chi connectivity index (χ1n) is 22.0. The molecule has 12 heteroatoms. The van der Waals surface area contributed by atoms with Crippen LogP contribution in [0.15, 0.2) is 72.9 Å². The number of phosphoric ester groups is 1. The number of esters is 1. The number of ether oxygens (including phenoxy) is 1. The Morgan fingerprint density at radius 2 is 0.966 bits per heavy atom. The van der Waals surface area contributed by atoms with Crippen LogP contribution in [0.25, 0.3) is 0 Å². The molecule has 0 aromatic heterocycles. The molecule has 0 aliphatic carbocycles. The number of carbonyl (C=O) groups excluding carboxylic acids is 2. The second kappa shape index (κ2) is 40.7. The number of carboxylic acids is 1. The average molecular weight is 836 g/mol. The van der Waals surface area contributed by atoms with E-state index in [1.165, 1.54) is 64.2 Å². The second-order valence-corrected chi connectivity index (χ2v) is 16.0. The zero-order chi connectivity index (χ0) is 42.8. The van der Waals surface area contributed by atoms with Gasteiger partial charge < -0.3 is 25.2 Å². The van der Waals surface area contributed by atoms with E-state index in [9.17, 15) is 34.1 Å². The lowest BCUT2D eigenvalue weighted by molar-refractivity contribution is -0.147. The van der Waals surface area contributed by atoms with Crippen LogP contribution >= 0.6 is 7.82 Å². The summed E-state index contributed by atoms with van der Waals surface area (Å²) in [6.07, 6.45) is 47.9. The van der Waals surface area contributed by atoms with Gasteiger partial charge in [-0.2, -0.15) is 0 Å². The molecule has 4 N–H and O–H groups in total. The third kappa shape index (κ3) is 39.7. The average Bonchev–Trinajstić information content (AvgIpc) is 3.20. The Balaban J connectivity index is 4.00. The number of aliphatic hydroxyl groups excluding tert-OH is 1. The summed E-state index contributed by atoms with van der Waals surface area (Å²) >= 11 is 0. The van der Waals surface area contributed by atoms with E-state index in [1.54, 1.807) is 0 Å². The number of aliphatic hydroxyl groups is 1. The van der Waals surface area contributed by atoms with Gasteiger partial charge in [-0.05, 0) is 83.5 Å². The van der Waals surface area contributed by atoms with Gasteiger partial charge >= 0.3 is 19.8 Å². The summed E-state index contributed by atoms with van der Waals surface area (Å²) in [4.78, 5) is 45.9. The summed E-state index contributed by atoms with van der Waals surface area (Å²) in [7, 11) is -4.78. The van der Waals surface area contributed by atoms with Gasteiger partial charge in [-0.1, -0.05) is 145 Å². The number of hydrogen-bond acceptors (Lipinski definition) is 8. The highest BCUT2D eigenvalue weighted by Gasteiger charge is 2.28. The van der Waals surface area contributed by atoms with Crippen molar-refractivity contribution in [2.24, 2.45) is 0 Å². The van der Waals surface area contributed by atoms with E-state index in [0.717, 1.165) is 57.8 Å². The van der Waals surface area contributed by atoms with Crippen LogP contribution in [0.1, 0.15) is 168 Å². The van der Waals surface area contributed by atoms with Gasteiger partial charge in [-0.3, -0.25) is 18.6 Å². The molecular weight excluding hydrogens is 757 g/mol. The molecule has 0 aliphatic heterocycles. The van der Waals surface area contributed by atoms with Crippen LogP contribution in [0.2, 0.25) is 0 Å². The van der Waals surface area contributed by atoms with Crippen molar-refractivity contribution in [3.05, 3.63) is 72.9 Å². The zero-order valence-electron chi connectivity index (χ0n) is 35.8. The van der Waals surface area contributed by atoms with Gasteiger partial charge in [0.1, 0.15) is 12.7 Å². The largest absolute Gasteiger partial charge is 0.480 e. The fraction of sp³-hybridized carbons (Fsp3) is 0.674. The maximum absolute atomic E-state index is 12.3. The molecule has 0 saturated carbocycles. The van der Waals surface area contributed by atoms with Crippen LogP contribution in [0.4, 0.5) is 0 Å². The molecule has 0 aromatic rings. The van der Waals surface area contributed by atoms with Gasteiger partial charge in [0.2, 0.25) is 5.91 Å². The molecule has 3 atom stereocenters. The Bertz CT molecular complexity index is 1260. The number of carboxylic acid groups (broad SMARTS) is 1. The molecule has 0 aromatic carbocycles. The molecule has 0 radical (unpaired) electrons. The van der Waals surface area contributed by atoms with Gasteiger partial charge in [-0.25, -0.2) is 9.36 Å². The molecule has 332 valence electrons. The van der Waals surface area contributed by atoms with Crippen LogP contribution in [0, 0.1) is 0 Å². The third-order valence-corrected chi connectivity index (χ3v) is 9.92. The van der Waals surface area contributed by atoms with Crippen molar-refractivity contribution >= 4 is 25.7 Å². The van der Waals surface area contributed by atoms with Crippen molar-refractivity contribution in [3.63, 3.8) is 0 Å². The Morgan fingerprint density at radius 3 is 1.45 bits per heavy atom. The topological polar surface area (TPSA) is 169 Å². The summed E-state index contributed by atoms with van der Waals surface area (Å²) in [5.74, 6) is -2.47. The number of unbranched alkanes of at least 4 members (excludes halogenated alkanes) is 14. The highest BCUT2D eigenvalue weighted by molar-refractivity contribution is 7.47. The zero-order valence-corrected chi connectivity index (χ0v) is 36.7. The number of phosphoric acid groups is 1. The summed E-state index contributed by atoms with van der Waals surface area (Å²) < 4.78 is 26.8. The minimum absolute atomic E-state index is 0.0657. The van der Waals surface area contributed by atoms with E-state index in [-0.39, 0.29) is 12.8 Å². The lowest BCUT2D eigenvalue weighted by Gasteiger charge is -2.18. The summed E-state index contributed by atoms with van der Waals surface area (Å²) in [6.45, 7) is 2.48. The van der Waals surface area contributed by atoms with Crippen molar-refractivity contribution in [2.75, 3.05) is 19.8 Å². The number of allylic oxidation sites excluding steroid dienone is 12. The van der Waals surface area contributed by atoms with E-state index >= 15 is 0 Å². The minimum atomic E-state index is -4.78. The molecule has 0 saturated heterocycles. The summed E-state index contributed by atoms with van der Waals surface area (Å²) in [5, 5.41) is 21.8. The van der Waals surface area contributed by atoms with Crippen molar-refractivity contribution in [3.8, 4) is 0 Å². The molecule has 58 heavy (non-hydrogen) atoms. The van der Waals surface area contributed by atoms with Gasteiger partial charge in [0, 0.05) is 12.8 Å². The van der Waals surface area contributed by atoms with Gasteiger partial charge in [0.05, 0.1) is 13.2 Å². The first kappa shape index (κ1) is 54.9. The van der Waals surface area contributed by atoms with Crippen LogP contribution in [0.5, 0.6) is 0 Å². The van der Waals surface area contributed by atoms with E-state index in [1.807, 2.05) is 12.2 Å². The molecule has 0 aliphatic rings. The maximum Gasteiger partial charge on any atom is 0.472 e. The smallest absolute Gasteiger partial charge is 0.472 e. The Kier molecular flexibility index (Phi) is 38.5. The van der Waals surface area contributed by atoms with Crippen LogP contribution in [0.3, 0.4) is 0 Å². The molecular formula is C46H78NO10P. The monoisotopic (exact) mass is 836 g/mol. The third-order valence-electron chi connectivity index (χ3n) is 8.97. The summed E-state index contributed by atoms with van der Waals surface area (Å²) in [6, 6.07) is -1.58. The molecule has 0 spiro atoms. The van der Waals surface area contributed by atoms with E-state index < -0.39 is 57.6 Å². The van der Waals surface area contributed by atoms with Crippen LogP contribution in [-0.2, 0) is 32.7 Å². The first-order chi connectivity index (χ1) is 28.1. The second-order valence-electron chi connectivity index (χ2n) is 14.5. The Hall–Kier alpha value is -3.08. The Morgan fingerprint density at radius 1 is 0.552 bits per heavy atom. The number of nitrogens with one attached hydrogen (secondary N) is 1. The van der Waals surface area contributed by atoms with E-state index in [2.05, 4.69) is 79.9 Å². The minimum Gasteiger partial charge on any atom is -0.480 e. The highest BCUT2D eigenvalue weighted by Crippen LogP contribution is 2.43. The predicted molar refractivity (Wildman–Crippen MR) is 235 cm³/mol. The summed E-state index contributed by atoms with van der Waals surface area (Å²) in [5.41, 5.74) is 0. The SMILES string of the molecule is CCCCC/C=C\C/C=C\C/C=C\C/C=C\CCCC(=O)NC(COP(=O)(O)OCC(O)COC(=O)CCCCCCCCC/C=C\C/C=C\CCCCC)C(=O)O. The van der Waals surface area contributed by atoms with Crippen LogP contribution in [-0.4, -0.2) is 64.9 Å². The normalized spacial score (nSPS) is 14.4. The molecule has 0 fully saturated rings. The first-order valence-corrected chi connectivity index (χ1v) is 23.5. The van der Waals surface area contributed by atoms with E-state index in [0.29, 0.717) is 19.3 Å². The lowest BCUT2D eigenvalue weighted by atomic mass is 10.1. The number of carbonyl (C=O) groups is 3. The fourth-order valence-corrected chi connectivity index (χ4v) is 6.29. The lowest BCUT2D eigenvalue weighted by Crippen LogP contribution is -2.43. The molecule has 11 nitrogen and oxygen atoms in total. The highest BCUT2D eigenvalue weighted by atomic mass is 31.2. The molecule has 3 unspecified atom stereocenters. The molecule has 0 bridgehead atoms. The van der Waals surface area contributed by atoms with Gasteiger partial charge in [0.15, 0.2) is 6.04 Å². The molecule has 1 amide bonds. The van der Waals surface area contributed by atoms with Crippen molar-refractivity contribution in [2.45, 2.75) is 180 Å². The van der Waals surface area contributed by atoms with Crippen molar-refractivity contribution in [1.82, 2.24) is 5.32 Å². The standard InChI is InChI=1S/C46H78NO10P/c1-3-5-7-9-11-13-15-17-19-21-23-25-27-29-31-33-35-37-44(49)47-43(46(51)52)41-57-58(53,54)56-40-42(48)39-55-45(50)38-36-34-32-30-28-26-24-22-20-18-16-14-12-10-8-6-4-2/h11-14,17-20,23,25,29,31,42-43,48H,3-10,15-16,21-22,24,26-28,30,32-41H2,1-2H3,(H,47,49)(H,51,52)(H,53,54)/b13-11-,14-12-,19-17-,20-18-,25-23-,31-29-. The predicted octanol–water partition coefficient (Wildman–Crippen LogP) is 11.3. The van der Waals surface area contributed by atoms with Crippen LogP contribution < -0.4 is 5.32 Å². The maximum atomic E-state index is 12.3. The molecule has 0 rings (SSSR count). The molecule has 0 heterocycles. The van der Waals surface area contributed by atoms with Crippen molar-refractivity contribution < 1.29 is 47.8 Å². The van der Waals surface area contributed by atoms with Gasteiger partial charge in [0.25, 0.3) is 0 Å². The number of hydrogen-bond donors (Lipinski definition) is 4. The number of rotatable bonds is 40. The van der Waals surface area contributed by atoms with Gasteiger partial charge in [-0.15, -0.1) is 0 Å².